The minimum Gasteiger partial charge on any atom is -0.456 e. The Morgan fingerprint density at radius 1 is 0.197 bits per heavy atom. The molecular formula is C128H98N2OS. The van der Waals surface area contributed by atoms with Gasteiger partial charge in [0.25, 0.3) is 0 Å². The molecule has 632 valence electrons. The number of nitrogens with zero attached hydrogens (tertiary/aromatic N) is 2. The summed E-state index contributed by atoms with van der Waals surface area (Å²) in [5, 5.41) is 4.95. The molecule has 0 atom stereocenters. The number of para-hydroxylation sites is 1. The first-order valence-corrected chi connectivity index (χ1v) is 49.0. The van der Waals surface area contributed by atoms with Crippen molar-refractivity contribution in [2.75, 3.05) is 9.80 Å². The maximum absolute atomic E-state index is 6.27. The number of rotatable bonds is 14. The molecule has 8 fully saturated rings. The highest BCUT2D eigenvalue weighted by Gasteiger charge is 2.63. The number of furan rings is 1. The molecule has 2 aromatic heterocycles. The van der Waals surface area contributed by atoms with Gasteiger partial charge < -0.3 is 14.2 Å². The fourth-order valence-corrected chi connectivity index (χ4v) is 28.7. The van der Waals surface area contributed by atoms with Crippen molar-refractivity contribution in [3.63, 3.8) is 0 Å². The predicted octanol–water partition coefficient (Wildman–Crippen LogP) is 35.4. The van der Waals surface area contributed by atoms with Gasteiger partial charge in [-0.2, -0.15) is 0 Å². The number of thiophene rings is 1. The topological polar surface area (TPSA) is 19.6 Å². The quantitative estimate of drug-likeness (QED) is 0.108. The van der Waals surface area contributed by atoms with E-state index in [4.69, 9.17) is 4.42 Å². The zero-order chi connectivity index (χ0) is 86.7. The maximum atomic E-state index is 6.27. The Balaban J connectivity index is 0.000000135. The molecule has 0 unspecified atom stereocenters. The van der Waals surface area contributed by atoms with Crippen LogP contribution in [0, 0.1) is 47.3 Å². The van der Waals surface area contributed by atoms with Crippen LogP contribution in [0.25, 0.3) is 153 Å². The van der Waals surface area contributed by atoms with Gasteiger partial charge >= 0.3 is 0 Å². The third kappa shape index (κ3) is 12.5. The van der Waals surface area contributed by atoms with Crippen molar-refractivity contribution < 1.29 is 4.42 Å². The highest BCUT2D eigenvalue weighted by molar-refractivity contribution is 7.26. The van der Waals surface area contributed by atoms with Crippen molar-refractivity contribution in [1.29, 1.82) is 0 Å². The molecule has 0 radical (unpaired) electrons. The molecule has 8 saturated carbocycles. The third-order valence-electron chi connectivity index (χ3n) is 32.6. The Labute approximate surface area is 776 Å². The summed E-state index contributed by atoms with van der Waals surface area (Å²) in [6.45, 7) is 0. The highest BCUT2D eigenvalue weighted by atomic mass is 32.1. The van der Waals surface area contributed by atoms with Crippen LogP contribution < -0.4 is 9.80 Å². The lowest BCUT2D eigenvalue weighted by Gasteiger charge is -2.61. The van der Waals surface area contributed by atoms with Gasteiger partial charge in [0.2, 0.25) is 0 Å². The van der Waals surface area contributed by atoms with Crippen LogP contribution in [0.15, 0.2) is 429 Å². The third-order valence-corrected chi connectivity index (χ3v) is 33.8. The second-order valence-electron chi connectivity index (χ2n) is 39.3. The highest BCUT2D eigenvalue weighted by Crippen LogP contribution is 2.72. The molecule has 2 heterocycles. The average Bonchev–Trinajstić information content (AvgIpc) is 1.50. The lowest BCUT2D eigenvalue weighted by Crippen LogP contribution is -2.55. The van der Waals surface area contributed by atoms with Gasteiger partial charge in [-0.25, -0.2) is 0 Å². The van der Waals surface area contributed by atoms with E-state index < -0.39 is 0 Å². The van der Waals surface area contributed by atoms with Crippen molar-refractivity contribution >= 4 is 87.6 Å². The minimum atomic E-state index is 0.186. The summed E-state index contributed by atoms with van der Waals surface area (Å²) in [4.78, 5) is 4.76. The standard InChI is InChI=1S/C64H49NO.C64H49NS/c1-2-10-43(11-3-1)44-18-26-51(27-19-44)65(52-28-20-45(21-29-52)47-24-32-58-57-15-7-9-17-62(57)66-63(58)40-47)53-30-22-46(23-31-53)54-12-4-5-13-55(54)48-25-33-61-59(39-48)56-14-6-8-16-60(56)64(61)49-35-41-34-42(37-49)38-50(64)36-41;1-2-11-43(12-3-1)44-21-28-50(29-22-44)65(52-32-25-46(26-33-52)55-17-10-18-58-57-16-7-9-20-62(57)66-63(55)58)51-30-23-45(24-31-51)53-13-4-5-14-54(53)47-27-34-61-59(40-47)56-15-6-8-19-60(56)64(61)48-36-41-35-42(38-48)39-49(64)37-41/h1-33,39-42,49-50H,34-38H2;1-34,40-42,48-49H,35-39H2. The molecular weight excluding hydrogens is 1610 g/mol. The van der Waals surface area contributed by atoms with Crippen LogP contribution >= 0.6 is 11.3 Å². The Kier molecular flexibility index (Phi) is 18.3. The molecule has 10 aliphatic carbocycles. The fraction of sp³-hybridized carbons (Fsp3) is 0.156. The largest absolute Gasteiger partial charge is 0.456 e. The first-order chi connectivity index (χ1) is 65.3. The first-order valence-electron chi connectivity index (χ1n) is 48.1. The number of anilines is 6. The van der Waals surface area contributed by atoms with Gasteiger partial charge in [0, 0.05) is 75.9 Å². The minimum absolute atomic E-state index is 0.186. The van der Waals surface area contributed by atoms with Crippen LogP contribution in [0.4, 0.5) is 34.1 Å². The fourth-order valence-electron chi connectivity index (χ4n) is 27.4. The Morgan fingerprint density at radius 2 is 0.500 bits per heavy atom. The summed E-state index contributed by atoms with van der Waals surface area (Å²) in [6, 6.07) is 158. The molecule has 30 rings (SSSR count). The Morgan fingerprint density at radius 3 is 0.939 bits per heavy atom. The molecule has 3 nitrogen and oxygen atoms in total. The van der Waals surface area contributed by atoms with Crippen molar-refractivity contribution in [3.8, 4) is 111 Å². The van der Waals surface area contributed by atoms with Gasteiger partial charge in [0.15, 0.2) is 0 Å². The van der Waals surface area contributed by atoms with Gasteiger partial charge in [-0.3, -0.25) is 0 Å². The van der Waals surface area contributed by atoms with E-state index in [1.807, 2.05) is 23.5 Å². The number of benzene rings is 18. The molecule has 132 heavy (non-hydrogen) atoms. The lowest BCUT2D eigenvalue weighted by atomic mass is 9.43. The van der Waals surface area contributed by atoms with E-state index in [9.17, 15) is 0 Å². The smallest absolute Gasteiger partial charge is 0.136 e. The number of hydrogen-bond donors (Lipinski definition) is 0. The molecule has 8 bridgehead atoms. The summed E-state index contributed by atoms with van der Waals surface area (Å²) < 4.78 is 8.94. The molecule has 4 heteroatoms. The molecule has 0 amide bonds. The van der Waals surface area contributed by atoms with Gasteiger partial charge in [0.05, 0.1) is 0 Å². The van der Waals surface area contributed by atoms with E-state index in [0.717, 1.165) is 115 Å². The molecule has 18 aromatic carbocycles. The molecule has 2 spiro atoms. The average molecular weight is 1710 g/mol. The van der Waals surface area contributed by atoms with Gasteiger partial charge in [-0.15, -0.1) is 11.3 Å². The summed E-state index contributed by atoms with van der Waals surface area (Å²) in [5.74, 6) is 6.85. The monoisotopic (exact) mass is 1710 g/mol. The molecule has 0 aliphatic heterocycles. The Hall–Kier alpha value is -14.4. The maximum Gasteiger partial charge on any atom is 0.136 e. The van der Waals surface area contributed by atoms with Crippen molar-refractivity contribution in [3.05, 3.63) is 447 Å². The van der Waals surface area contributed by atoms with Crippen molar-refractivity contribution in [2.45, 2.75) is 75.0 Å². The molecule has 20 aromatic rings. The van der Waals surface area contributed by atoms with Crippen LogP contribution in [0.5, 0.6) is 0 Å². The van der Waals surface area contributed by atoms with Gasteiger partial charge in [0.1, 0.15) is 11.2 Å². The van der Waals surface area contributed by atoms with E-state index in [-0.39, 0.29) is 10.8 Å². The van der Waals surface area contributed by atoms with Crippen molar-refractivity contribution in [2.24, 2.45) is 47.3 Å². The van der Waals surface area contributed by atoms with E-state index in [1.165, 1.54) is 185 Å². The van der Waals surface area contributed by atoms with E-state index in [0.29, 0.717) is 0 Å². The summed E-state index contributed by atoms with van der Waals surface area (Å²) in [7, 11) is 0. The van der Waals surface area contributed by atoms with Crippen LogP contribution in [0.2, 0.25) is 0 Å². The normalized spacial score (nSPS) is 21.1. The van der Waals surface area contributed by atoms with Crippen LogP contribution in [0.1, 0.15) is 86.5 Å². The molecule has 0 N–H and O–H groups in total. The molecule has 10 aliphatic rings. The SMILES string of the molecule is c1ccc(-c2ccc(N(c3ccc(-c4ccc5c(c4)oc4ccccc45)cc3)c3ccc(-c4ccccc4-c4ccc5c(c4)-c4ccccc4C54C5CC6CC(C5)CC4C6)cc3)cc2)cc1.c1ccc(-c2ccc(N(c3ccc(-c4ccccc4-c4ccc5c(c4)-c4ccccc4C54C5CC6CC(C5)CC4C6)cc3)c3ccc(-c4cccc5c4sc4ccccc45)cc3)cc2)cc1. The lowest BCUT2D eigenvalue weighted by molar-refractivity contribution is -0.0399. The van der Waals surface area contributed by atoms with Gasteiger partial charge in [-0.05, 0) is 354 Å². The zero-order valence-corrected chi connectivity index (χ0v) is 74.6. The van der Waals surface area contributed by atoms with Crippen LogP contribution in [0.3, 0.4) is 0 Å². The predicted molar refractivity (Wildman–Crippen MR) is 552 cm³/mol. The van der Waals surface area contributed by atoms with Crippen LogP contribution in [-0.2, 0) is 10.8 Å². The van der Waals surface area contributed by atoms with E-state index in [1.54, 1.807) is 22.3 Å². The van der Waals surface area contributed by atoms with E-state index >= 15 is 0 Å². The second-order valence-corrected chi connectivity index (χ2v) is 40.4. The second kappa shape index (κ2) is 31.2. The zero-order valence-electron chi connectivity index (χ0n) is 73.8. The first kappa shape index (κ1) is 77.5. The van der Waals surface area contributed by atoms with Crippen molar-refractivity contribution in [1.82, 2.24) is 0 Å². The van der Waals surface area contributed by atoms with Crippen LogP contribution in [-0.4, -0.2) is 0 Å². The summed E-state index contributed by atoms with van der Waals surface area (Å²) in [6.07, 6.45) is 14.2. The Bertz CT molecular complexity index is 7820. The number of hydrogen-bond acceptors (Lipinski definition) is 4. The summed E-state index contributed by atoms with van der Waals surface area (Å²) in [5.41, 5.74) is 41.0. The summed E-state index contributed by atoms with van der Waals surface area (Å²) >= 11 is 1.89. The van der Waals surface area contributed by atoms with Gasteiger partial charge in [-0.1, -0.05) is 315 Å². The van der Waals surface area contributed by atoms with E-state index in [2.05, 4.69) is 422 Å². The molecule has 0 saturated heterocycles. The number of fused-ring (bicyclic) bond motifs is 12.